The average molecular weight is 324 g/mol. The van der Waals surface area contributed by atoms with Crippen molar-refractivity contribution >= 4 is 27.3 Å². The van der Waals surface area contributed by atoms with Crippen LogP contribution in [0.5, 0.6) is 0 Å². The van der Waals surface area contributed by atoms with E-state index in [1.807, 2.05) is 0 Å². The zero-order valence-electron chi connectivity index (χ0n) is 10.9. The van der Waals surface area contributed by atoms with Crippen LogP contribution in [-0.2, 0) is 0 Å². The van der Waals surface area contributed by atoms with Gasteiger partial charge < -0.3 is 5.32 Å². The molecule has 18 heavy (non-hydrogen) atoms. The lowest BCUT2D eigenvalue weighted by atomic mass is 10.1. The van der Waals surface area contributed by atoms with Crippen LogP contribution in [0.3, 0.4) is 0 Å². The average Bonchev–Trinajstić information content (AvgIpc) is 2.76. The summed E-state index contributed by atoms with van der Waals surface area (Å²) in [6.07, 6.45) is 0. The van der Waals surface area contributed by atoms with Gasteiger partial charge in [-0.15, -0.1) is 11.3 Å². The molecule has 0 aliphatic carbocycles. The van der Waals surface area contributed by atoms with Crippen LogP contribution >= 0.6 is 27.3 Å². The minimum atomic E-state index is 0.362. The number of thiophene rings is 1. The van der Waals surface area contributed by atoms with E-state index in [-0.39, 0.29) is 0 Å². The highest BCUT2D eigenvalue weighted by Crippen LogP contribution is 2.27. The van der Waals surface area contributed by atoms with E-state index in [1.54, 1.807) is 11.3 Å². The summed E-state index contributed by atoms with van der Waals surface area (Å²) in [6.45, 7) is 6.54. The van der Waals surface area contributed by atoms with Crippen molar-refractivity contribution < 1.29 is 0 Å². The summed E-state index contributed by atoms with van der Waals surface area (Å²) in [7, 11) is 0. The molecule has 1 nitrogen and oxygen atoms in total. The third-order valence-electron chi connectivity index (χ3n) is 3.09. The van der Waals surface area contributed by atoms with Gasteiger partial charge in [-0.1, -0.05) is 29.8 Å². The summed E-state index contributed by atoms with van der Waals surface area (Å²) in [6, 6.07) is 11.7. The van der Waals surface area contributed by atoms with Gasteiger partial charge in [0.1, 0.15) is 0 Å². The lowest BCUT2D eigenvalue weighted by molar-refractivity contribution is 0.500. The molecule has 2 rings (SSSR count). The Morgan fingerprint density at radius 3 is 2.33 bits per heavy atom. The molecule has 0 saturated heterocycles. The Bertz CT molecular complexity index is 503. The number of aryl methyl sites for hydroxylation is 1. The van der Waals surface area contributed by atoms with E-state index < -0.39 is 0 Å². The number of hydrogen-bond acceptors (Lipinski definition) is 2. The smallest absolute Gasteiger partial charge is 0.0391 e. The molecule has 1 heterocycles. The molecule has 0 saturated carbocycles. The predicted molar refractivity (Wildman–Crippen MR) is 83.2 cm³/mol. The van der Waals surface area contributed by atoms with E-state index in [1.165, 1.54) is 20.5 Å². The topological polar surface area (TPSA) is 12.0 Å². The van der Waals surface area contributed by atoms with Crippen molar-refractivity contribution in [2.45, 2.75) is 32.9 Å². The van der Waals surface area contributed by atoms with Gasteiger partial charge in [-0.05, 0) is 48.3 Å². The molecule has 1 N–H and O–H groups in total. The van der Waals surface area contributed by atoms with E-state index in [4.69, 9.17) is 0 Å². The Balaban J connectivity index is 2.02. The fraction of sp³-hybridized carbons (Fsp3) is 0.333. The van der Waals surface area contributed by atoms with E-state index in [0.29, 0.717) is 12.1 Å². The largest absolute Gasteiger partial charge is 0.303 e. The van der Waals surface area contributed by atoms with Gasteiger partial charge in [0.15, 0.2) is 0 Å². The van der Waals surface area contributed by atoms with Crippen molar-refractivity contribution in [1.82, 2.24) is 5.32 Å². The molecule has 0 radical (unpaired) electrons. The molecule has 0 aliphatic heterocycles. The molecule has 0 aliphatic rings. The molecule has 2 atom stereocenters. The van der Waals surface area contributed by atoms with Crippen LogP contribution in [0.4, 0.5) is 0 Å². The quantitative estimate of drug-likeness (QED) is 0.812. The molecule has 0 fully saturated rings. The first-order valence-corrected chi connectivity index (χ1v) is 7.80. The number of benzene rings is 1. The molecule has 96 valence electrons. The standard InChI is InChI=1S/C15H18BrNS/c1-10-4-6-13(7-5-10)11(2)17-12(3)15-8-14(16)9-18-15/h4-9,11-12,17H,1-3H3. The van der Waals surface area contributed by atoms with Crippen molar-refractivity contribution in [3.63, 3.8) is 0 Å². The minimum Gasteiger partial charge on any atom is -0.303 e. The second-order valence-electron chi connectivity index (χ2n) is 4.69. The van der Waals surface area contributed by atoms with E-state index in [2.05, 4.69) is 77.7 Å². The van der Waals surface area contributed by atoms with E-state index >= 15 is 0 Å². The van der Waals surface area contributed by atoms with Crippen LogP contribution in [0.2, 0.25) is 0 Å². The molecule has 1 aromatic carbocycles. The summed E-state index contributed by atoms with van der Waals surface area (Å²) in [5.74, 6) is 0. The first-order valence-electron chi connectivity index (χ1n) is 6.13. The molecule has 1 aromatic heterocycles. The zero-order valence-corrected chi connectivity index (χ0v) is 13.3. The van der Waals surface area contributed by atoms with Gasteiger partial charge in [-0.3, -0.25) is 0 Å². The fourth-order valence-electron chi connectivity index (χ4n) is 1.96. The van der Waals surface area contributed by atoms with Crippen molar-refractivity contribution in [3.8, 4) is 0 Å². The summed E-state index contributed by atoms with van der Waals surface area (Å²) in [5.41, 5.74) is 2.64. The number of nitrogens with one attached hydrogen (secondary N) is 1. The van der Waals surface area contributed by atoms with Crippen molar-refractivity contribution in [2.75, 3.05) is 0 Å². The van der Waals surface area contributed by atoms with Crippen LogP contribution in [-0.4, -0.2) is 0 Å². The van der Waals surface area contributed by atoms with Crippen LogP contribution < -0.4 is 5.32 Å². The highest BCUT2D eigenvalue weighted by atomic mass is 79.9. The molecule has 3 heteroatoms. The van der Waals surface area contributed by atoms with Gasteiger partial charge in [0.2, 0.25) is 0 Å². The summed E-state index contributed by atoms with van der Waals surface area (Å²) in [5, 5.41) is 5.76. The van der Waals surface area contributed by atoms with Crippen molar-refractivity contribution in [2.24, 2.45) is 0 Å². The minimum absolute atomic E-state index is 0.362. The first-order chi connectivity index (χ1) is 8.56. The fourth-order valence-corrected chi connectivity index (χ4v) is 3.43. The van der Waals surface area contributed by atoms with Crippen molar-refractivity contribution in [3.05, 3.63) is 56.2 Å². The van der Waals surface area contributed by atoms with Crippen LogP contribution in [0.25, 0.3) is 0 Å². The highest BCUT2D eigenvalue weighted by Gasteiger charge is 2.12. The maximum Gasteiger partial charge on any atom is 0.0391 e. The summed E-state index contributed by atoms with van der Waals surface area (Å²) in [4.78, 5) is 1.36. The number of hydrogen-bond donors (Lipinski definition) is 1. The Morgan fingerprint density at radius 2 is 1.78 bits per heavy atom. The van der Waals surface area contributed by atoms with Crippen LogP contribution in [0.15, 0.2) is 40.2 Å². The van der Waals surface area contributed by atoms with Gasteiger partial charge >= 0.3 is 0 Å². The van der Waals surface area contributed by atoms with E-state index in [0.717, 1.165) is 0 Å². The third-order valence-corrected chi connectivity index (χ3v) is 4.97. The summed E-state index contributed by atoms with van der Waals surface area (Å²) >= 11 is 5.29. The molecule has 0 amide bonds. The first kappa shape index (κ1) is 13.8. The van der Waals surface area contributed by atoms with Crippen LogP contribution in [0.1, 0.15) is 41.9 Å². The lowest BCUT2D eigenvalue weighted by Gasteiger charge is -2.19. The second kappa shape index (κ2) is 6.00. The molecule has 2 unspecified atom stereocenters. The highest BCUT2D eigenvalue weighted by molar-refractivity contribution is 9.10. The molecule has 2 aromatic rings. The predicted octanol–water partition coefficient (Wildman–Crippen LogP) is 5.23. The molecular formula is C15H18BrNS. The summed E-state index contributed by atoms with van der Waals surface area (Å²) < 4.78 is 1.17. The number of rotatable bonds is 4. The Labute approximate surface area is 121 Å². The van der Waals surface area contributed by atoms with Gasteiger partial charge in [0.25, 0.3) is 0 Å². The van der Waals surface area contributed by atoms with Gasteiger partial charge in [0.05, 0.1) is 0 Å². The van der Waals surface area contributed by atoms with Gasteiger partial charge in [-0.2, -0.15) is 0 Å². The molecular weight excluding hydrogens is 306 g/mol. The van der Waals surface area contributed by atoms with Gasteiger partial charge in [-0.25, -0.2) is 0 Å². The van der Waals surface area contributed by atoms with Crippen molar-refractivity contribution in [1.29, 1.82) is 0 Å². The zero-order chi connectivity index (χ0) is 13.1. The Morgan fingerprint density at radius 1 is 1.11 bits per heavy atom. The third kappa shape index (κ3) is 3.44. The molecule has 0 spiro atoms. The van der Waals surface area contributed by atoms with Gasteiger partial charge in [0, 0.05) is 26.8 Å². The Kier molecular flexibility index (Phi) is 4.60. The number of halogens is 1. The molecule has 0 bridgehead atoms. The monoisotopic (exact) mass is 323 g/mol. The maximum absolute atomic E-state index is 3.63. The normalized spacial score (nSPS) is 14.4. The second-order valence-corrected chi connectivity index (χ2v) is 6.55. The SMILES string of the molecule is Cc1ccc(C(C)NC(C)c2cc(Br)cs2)cc1. The van der Waals surface area contributed by atoms with E-state index in [9.17, 15) is 0 Å². The Hall–Kier alpha value is -0.640. The van der Waals surface area contributed by atoms with Crippen LogP contribution in [0, 0.1) is 6.92 Å². The lowest BCUT2D eigenvalue weighted by Crippen LogP contribution is -2.21. The maximum atomic E-state index is 3.63.